The van der Waals surface area contributed by atoms with E-state index in [9.17, 15) is 18.0 Å². The SMILES string of the molecule is COc1ccc2c(c1)C1CC1(C(=O)N1CC3CCC(C1)N3C)Cn1c-2c(C2CCCCC2)c2ccc(C(=O)NS(=O)(=O)N3C[C@@H](C)O[C@@H](C)C3)cc21. The standard InChI is InChI=1S/C40H51N5O6S/c1-24-19-44(20-25(2)51-24)52(48,49)41-38(46)27-10-14-32-35(16-27)45-23-40(39(47)43-21-28-11-12-29(22-43)42(28)3)18-34(40)33-17-30(50-4)13-15-31(33)37(45)36(32)26-8-6-5-7-9-26/h10,13-17,24-26,28-29,34H,5-9,11-12,18-23H2,1-4H3,(H,41,46)/t24-,25+,28?,29?,34?,40?. The minimum Gasteiger partial charge on any atom is -0.497 e. The van der Waals surface area contributed by atoms with Crippen LogP contribution in [0.3, 0.4) is 0 Å². The second-order valence-corrected chi connectivity index (χ2v) is 18.2. The summed E-state index contributed by atoms with van der Waals surface area (Å²) in [4.78, 5) is 33.4. The van der Waals surface area contributed by atoms with Crippen LogP contribution in [0.2, 0.25) is 0 Å². The Morgan fingerprint density at radius 2 is 1.63 bits per heavy atom. The van der Waals surface area contributed by atoms with Gasteiger partial charge in [0.2, 0.25) is 5.91 Å². The van der Waals surface area contributed by atoms with E-state index in [1.165, 1.54) is 34.7 Å². The summed E-state index contributed by atoms with van der Waals surface area (Å²) in [6.45, 7) is 6.06. The number of carbonyl (C=O) groups excluding carboxylic acids is 2. The first-order chi connectivity index (χ1) is 25.0. The predicted octanol–water partition coefficient (Wildman–Crippen LogP) is 5.24. The molecule has 3 saturated heterocycles. The minimum absolute atomic E-state index is 0.0616. The third-order valence-electron chi connectivity index (χ3n) is 13.3. The first kappa shape index (κ1) is 34.3. The summed E-state index contributed by atoms with van der Waals surface area (Å²) < 4.78 is 44.4. The van der Waals surface area contributed by atoms with Gasteiger partial charge in [-0.2, -0.15) is 12.7 Å². The molecule has 1 N–H and O–H groups in total. The van der Waals surface area contributed by atoms with Crippen LogP contribution >= 0.6 is 0 Å². The molecule has 4 aliphatic heterocycles. The largest absolute Gasteiger partial charge is 0.497 e. The van der Waals surface area contributed by atoms with Crippen molar-refractivity contribution in [3.8, 4) is 17.0 Å². The van der Waals surface area contributed by atoms with Crippen molar-refractivity contribution in [1.82, 2.24) is 23.4 Å². The maximum atomic E-state index is 15.0. The molecule has 5 heterocycles. The Morgan fingerprint density at radius 1 is 0.923 bits per heavy atom. The van der Waals surface area contributed by atoms with Crippen LogP contribution in [0, 0.1) is 5.41 Å². The molecule has 9 rings (SSSR count). The quantitative estimate of drug-likeness (QED) is 0.370. The van der Waals surface area contributed by atoms with Gasteiger partial charge in [0.15, 0.2) is 0 Å². The average molecular weight is 730 g/mol. The molecule has 0 spiro atoms. The molecule has 3 aromatic rings. The topological polar surface area (TPSA) is 113 Å². The number of hydrogen-bond acceptors (Lipinski definition) is 7. The molecule has 2 saturated carbocycles. The van der Waals surface area contributed by atoms with E-state index in [1.807, 2.05) is 32.0 Å². The Balaban J connectivity index is 1.16. The van der Waals surface area contributed by atoms with Crippen LogP contribution in [0.25, 0.3) is 22.2 Å². The van der Waals surface area contributed by atoms with Crippen molar-refractivity contribution in [3.63, 3.8) is 0 Å². The number of piperazine rings is 1. The summed E-state index contributed by atoms with van der Waals surface area (Å²) in [5.41, 5.74) is 5.29. The summed E-state index contributed by atoms with van der Waals surface area (Å²) in [5, 5.41) is 1.08. The Morgan fingerprint density at radius 3 is 2.33 bits per heavy atom. The Kier molecular flexibility index (Phi) is 8.30. The zero-order chi connectivity index (χ0) is 36.1. The van der Waals surface area contributed by atoms with Crippen molar-refractivity contribution >= 4 is 32.9 Å². The van der Waals surface area contributed by atoms with E-state index in [2.05, 4.69) is 38.3 Å². The third kappa shape index (κ3) is 5.50. The van der Waals surface area contributed by atoms with Crippen LogP contribution in [0.1, 0.15) is 98.5 Å². The van der Waals surface area contributed by atoms with Gasteiger partial charge in [0.05, 0.1) is 30.4 Å². The number of hydrogen-bond donors (Lipinski definition) is 1. The monoisotopic (exact) mass is 729 g/mol. The second kappa shape index (κ2) is 12.6. The van der Waals surface area contributed by atoms with Gasteiger partial charge in [-0.25, -0.2) is 4.72 Å². The molecule has 2 aromatic carbocycles. The van der Waals surface area contributed by atoms with E-state index in [0.29, 0.717) is 24.5 Å². The van der Waals surface area contributed by atoms with Crippen molar-refractivity contribution in [3.05, 3.63) is 53.1 Å². The molecule has 2 amide bonds. The predicted molar refractivity (Wildman–Crippen MR) is 199 cm³/mol. The fourth-order valence-electron chi connectivity index (χ4n) is 10.6. The summed E-state index contributed by atoms with van der Waals surface area (Å²) in [6, 6.07) is 12.8. The molecule has 278 valence electrons. The van der Waals surface area contributed by atoms with E-state index in [-0.39, 0.29) is 42.7 Å². The van der Waals surface area contributed by atoms with Gasteiger partial charge in [0, 0.05) is 72.8 Å². The number of methoxy groups -OCH3 is 1. The summed E-state index contributed by atoms with van der Waals surface area (Å²) in [5.74, 6) is 0.774. The highest BCUT2D eigenvalue weighted by Gasteiger charge is 2.64. The van der Waals surface area contributed by atoms with E-state index >= 15 is 0 Å². The number of benzene rings is 2. The number of nitrogens with one attached hydrogen (secondary N) is 1. The number of fused-ring (bicyclic) bond motifs is 9. The lowest BCUT2D eigenvalue weighted by Crippen LogP contribution is -2.55. The van der Waals surface area contributed by atoms with Gasteiger partial charge >= 0.3 is 10.2 Å². The smallest absolute Gasteiger partial charge is 0.304 e. The Bertz CT molecular complexity index is 2030. The molecule has 2 bridgehead atoms. The van der Waals surface area contributed by atoms with Crippen LogP contribution in [0.5, 0.6) is 5.75 Å². The number of likely N-dealkylation sites (N-methyl/N-ethyl adjacent to an activating group) is 1. The minimum atomic E-state index is -4.09. The number of nitrogens with zero attached hydrogens (tertiary/aromatic N) is 4. The molecule has 12 heteroatoms. The molecule has 11 nitrogen and oxygen atoms in total. The number of likely N-dealkylation sites (tertiary alicyclic amines) is 1. The van der Waals surface area contributed by atoms with Crippen LogP contribution in [-0.2, 0) is 26.3 Å². The van der Waals surface area contributed by atoms with Gasteiger partial charge in [-0.3, -0.25) is 14.5 Å². The van der Waals surface area contributed by atoms with E-state index < -0.39 is 21.5 Å². The van der Waals surface area contributed by atoms with Crippen LogP contribution < -0.4 is 9.46 Å². The van der Waals surface area contributed by atoms with Crippen molar-refractivity contribution in [2.24, 2.45) is 5.41 Å². The average Bonchev–Trinajstić information content (AvgIpc) is 3.76. The highest BCUT2D eigenvalue weighted by atomic mass is 32.2. The fourth-order valence-corrected chi connectivity index (χ4v) is 11.9. The van der Waals surface area contributed by atoms with Gasteiger partial charge in [0.1, 0.15) is 5.75 Å². The first-order valence-corrected chi connectivity index (χ1v) is 20.7. The van der Waals surface area contributed by atoms with Crippen LogP contribution in [-0.4, -0.2) is 104 Å². The summed E-state index contributed by atoms with van der Waals surface area (Å²) >= 11 is 0. The lowest BCUT2D eigenvalue weighted by molar-refractivity contribution is -0.141. The van der Waals surface area contributed by atoms with Gasteiger partial charge in [-0.15, -0.1) is 0 Å². The van der Waals surface area contributed by atoms with Crippen molar-refractivity contribution in [2.45, 2.75) is 108 Å². The maximum Gasteiger partial charge on any atom is 0.304 e. The molecular formula is C40H51N5O6S. The molecule has 1 aromatic heterocycles. The van der Waals surface area contributed by atoms with Gasteiger partial charge in [0.25, 0.3) is 5.91 Å². The molecular weight excluding hydrogens is 679 g/mol. The zero-order valence-electron chi connectivity index (χ0n) is 30.8. The van der Waals surface area contributed by atoms with Crippen LogP contribution in [0.15, 0.2) is 36.4 Å². The summed E-state index contributed by atoms with van der Waals surface area (Å²) in [7, 11) is -0.201. The highest BCUT2D eigenvalue weighted by molar-refractivity contribution is 7.87. The highest BCUT2D eigenvalue weighted by Crippen LogP contribution is 2.66. The molecule has 2 aliphatic carbocycles. The number of amides is 2. The van der Waals surface area contributed by atoms with E-state index in [4.69, 9.17) is 9.47 Å². The number of morpholine rings is 1. The molecule has 5 fully saturated rings. The van der Waals surface area contributed by atoms with Crippen molar-refractivity contribution < 1.29 is 27.5 Å². The first-order valence-electron chi connectivity index (χ1n) is 19.3. The van der Waals surface area contributed by atoms with Gasteiger partial charge in [-0.1, -0.05) is 25.3 Å². The normalized spacial score (nSPS) is 30.7. The fraction of sp³-hybridized carbons (Fsp3) is 0.600. The zero-order valence-corrected chi connectivity index (χ0v) is 31.6. The Labute approximate surface area is 306 Å². The molecule has 6 aliphatic rings. The van der Waals surface area contributed by atoms with Gasteiger partial charge in [-0.05, 0) is 100 Å². The molecule has 4 unspecified atom stereocenters. The van der Waals surface area contributed by atoms with Gasteiger partial charge < -0.3 is 18.9 Å². The second-order valence-electron chi connectivity index (χ2n) is 16.6. The van der Waals surface area contributed by atoms with Crippen LogP contribution in [0.4, 0.5) is 0 Å². The maximum absolute atomic E-state index is 15.0. The van der Waals surface area contributed by atoms with E-state index in [0.717, 1.165) is 73.1 Å². The number of carbonyl (C=O) groups is 2. The number of aromatic nitrogens is 1. The number of ether oxygens (including phenoxy) is 2. The lowest BCUT2D eigenvalue weighted by atomic mass is 9.81. The lowest BCUT2D eigenvalue weighted by Gasteiger charge is -2.40. The molecule has 0 radical (unpaired) electrons. The van der Waals surface area contributed by atoms with Crippen molar-refractivity contribution in [1.29, 1.82) is 0 Å². The van der Waals surface area contributed by atoms with Crippen molar-refractivity contribution in [2.75, 3.05) is 40.3 Å². The summed E-state index contributed by atoms with van der Waals surface area (Å²) in [6.07, 6.45) is 8.21. The Hall–Kier alpha value is -3.45. The number of rotatable bonds is 6. The van der Waals surface area contributed by atoms with E-state index in [1.54, 1.807) is 13.2 Å². The third-order valence-corrected chi connectivity index (χ3v) is 14.7. The molecule has 52 heavy (non-hydrogen) atoms. The molecule has 6 atom stereocenters.